The van der Waals surface area contributed by atoms with Gasteiger partial charge in [0, 0.05) is 32.3 Å². The summed E-state index contributed by atoms with van der Waals surface area (Å²) in [5.74, 6) is 1.25. The number of nitrogens with zero attached hydrogens (tertiary/aromatic N) is 2. The highest BCUT2D eigenvalue weighted by molar-refractivity contribution is 5.92. The number of carbonyl (C=O) groups excluding carboxylic acids is 1. The number of piperazine rings is 1. The first-order valence-corrected chi connectivity index (χ1v) is 7.49. The van der Waals surface area contributed by atoms with Crippen LogP contribution in [0.1, 0.15) is 5.56 Å². The Morgan fingerprint density at radius 3 is 2.65 bits per heavy atom. The topological polar surface area (TPSA) is 42.0 Å². The molecule has 5 nitrogen and oxygen atoms in total. The quantitative estimate of drug-likeness (QED) is 0.793. The molecule has 1 amide bonds. The Kier molecular flexibility index (Phi) is 4.76. The minimum absolute atomic E-state index is 0.112. The fourth-order valence-electron chi connectivity index (χ4n) is 2.64. The molecule has 2 aliphatic heterocycles. The van der Waals surface area contributed by atoms with E-state index in [4.69, 9.17) is 9.47 Å². The van der Waals surface area contributed by atoms with E-state index in [1.54, 1.807) is 21.9 Å². The van der Waals surface area contributed by atoms with Crippen molar-refractivity contribution >= 4 is 12.0 Å². The van der Waals surface area contributed by atoms with Crippen molar-refractivity contribution in [2.45, 2.75) is 6.43 Å². The maximum atomic E-state index is 12.3. The molecule has 0 saturated carbocycles. The standard InChI is InChI=1S/C16H18F2N2O3/c17-15(18)10-19-5-7-20(8-6-19)16(21)4-2-12-1-3-13-14(9-12)23-11-22-13/h1-4,9,15H,5-8,10-11H2/b4-2+. The van der Waals surface area contributed by atoms with Gasteiger partial charge in [-0.1, -0.05) is 6.07 Å². The number of alkyl halides is 2. The van der Waals surface area contributed by atoms with Gasteiger partial charge in [0.1, 0.15) is 0 Å². The first kappa shape index (κ1) is 15.7. The molecular weight excluding hydrogens is 306 g/mol. The molecule has 0 aliphatic carbocycles. The van der Waals surface area contributed by atoms with E-state index in [2.05, 4.69) is 0 Å². The average Bonchev–Trinajstić information content (AvgIpc) is 3.00. The molecule has 124 valence electrons. The predicted octanol–water partition coefficient (Wildman–Crippen LogP) is 1.84. The van der Waals surface area contributed by atoms with Gasteiger partial charge in [0.15, 0.2) is 11.5 Å². The van der Waals surface area contributed by atoms with Crippen molar-refractivity contribution in [1.29, 1.82) is 0 Å². The van der Waals surface area contributed by atoms with Gasteiger partial charge in [0.2, 0.25) is 12.7 Å². The summed E-state index contributed by atoms with van der Waals surface area (Å²) in [7, 11) is 0. The zero-order valence-corrected chi connectivity index (χ0v) is 12.6. The molecule has 1 aromatic rings. The zero-order chi connectivity index (χ0) is 16.2. The van der Waals surface area contributed by atoms with Gasteiger partial charge in [-0.05, 0) is 23.8 Å². The fourth-order valence-corrected chi connectivity index (χ4v) is 2.64. The molecular formula is C16H18F2N2O3. The SMILES string of the molecule is O=C(/C=C/c1ccc2c(c1)OCO2)N1CCN(CC(F)F)CC1. The Bertz CT molecular complexity index is 599. The van der Waals surface area contributed by atoms with Crippen LogP contribution in [0, 0.1) is 0 Å². The molecule has 0 unspecified atom stereocenters. The molecule has 0 radical (unpaired) electrons. The molecule has 7 heteroatoms. The lowest BCUT2D eigenvalue weighted by atomic mass is 10.2. The number of carbonyl (C=O) groups is 1. The number of amides is 1. The molecule has 0 spiro atoms. The second-order valence-electron chi connectivity index (χ2n) is 5.46. The van der Waals surface area contributed by atoms with Crippen molar-refractivity contribution in [1.82, 2.24) is 9.80 Å². The van der Waals surface area contributed by atoms with Crippen LogP contribution in [0.4, 0.5) is 8.78 Å². The number of benzene rings is 1. The Hall–Kier alpha value is -2.15. The second-order valence-corrected chi connectivity index (χ2v) is 5.46. The van der Waals surface area contributed by atoms with Crippen LogP contribution >= 0.6 is 0 Å². The summed E-state index contributed by atoms with van der Waals surface area (Å²) in [6.45, 7) is 1.88. The highest BCUT2D eigenvalue weighted by Gasteiger charge is 2.21. The van der Waals surface area contributed by atoms with Crippen molar-refractivity contribution < 1.29 is 23.0 Å². The monoisotopic (exact) mass is 324 g/mol. The third-order valence-electron chi connectivity index (χ3n) is 3.90. The number of halogens is 2. The fraction of sp³-hybridized carbons (Fsp3) is 0.438. The lowest BCUT2D eigenvalue weighted by Crippen LogP contribution is -2.49. The first-order chi connectivity index (χ1) is 11.1. The van der Waals surface area contributed by atoms with Crippen LogP contribution in [0.2, 0.25) is 0 Å². The van der Waals surface area contributed by atoms with Crippen molar-refractivity contribution in [2.75, 3.05) is 39.5 Å². The summed E-state index contributed by atoms with van der Waals surface area (Å²) in [6.07, 6.45) is 0.888. The Balaban J connectivity index is 1.53. The largest absolute Gasteiger partial charge is 0.454 e. The van der Waals surface area contributed by atoms with E-state index in [0.717, 1.165) is 5.56 Å². The molecule has 2 heterocycles. The molecule has 0 bridgehead atoms. The molecule has 0 N–H and O–H groups in total. The molecule has 1 fully saturated rings. The van der Waals surface area contributed by atoms with Gasteiger partial charge in [-0.15, -0.1) is 0 Å². The number of ether oxygens (including phenoxy) is 2. The Morgan fingerprint density at radius 2 is 1.91 bits per heavy atom. The van der Waals surface area contributed by atoms with Crippen molar-refractivity contribution in [2.24, 2.45) is 0 Å². The van der Waals surface area contributed by atoms with Crippen LogP contribution in [-0.2, 0) is 4.79 Å². The van der Waals surface area contributed by atoms with E-state index in [1.165, 1.54) is 6.08 Å². The number of fused-ring (bicyclic) bond motifs is 1. The van der Waals surface area contributed by atoms with Crippen LogP contribution in [0.25, 0.3) is 6.08 Å². The molecule has 0 atom stereocenters. The van der Waals surface area contributed by atoms with Crippen molar-refractivity contribution in [3.8, 4) is 11.5 Å². The van der Waals surface area contributed by atoms with Crippen molar-refractivity contribution in [3.05, 3.63) is 29.8 Å². The molecule has 0 aromatic heterocycles. The van der Waals surface area contributed by atoms with E-state index in [9.17, 15) is 13.6 Å². The van der Waals surface area contributed by atoms with Crippen LogP contribution in [-0.4, -0.2) is 61.6 Å². The summed E-state index contributed by atoms with van der Waals surface area (Å²) < 4.78 is 35.2. The maximum Gasteiger partial charge on any atom is 0.251 e. The average molecular weight is 324 g/mol. The van der Waals surface area contributed by atoms with E-state index < -0.39 is 6.43 Å². The van der Waals surface area contributed by atoms with Gasteiger partial charge >= 0.3 is 0 Å². The minimum Gasteiger partial charge on any atom is -0.454 e. The van der Waals surface area contributed by atoms with Gasteiger partial charge in [-0.2, -0.15) is 0 Å². The van der Waals surface area contributed by atoms with Crippen molar-refractivity contribution in [3.63, 3.8) is 0 Å². The third-order valence-corrected chi connectivity index (χ3v) is 3.90. The maximum absolute atomic E-state index is 12.3. The second kappa shape index (κ2) is 6.95. The van der Waals surface area contributed by atoms with E-state index in [1.807, 2.05) is 12.1 Å². The molecule has 23 heavy (non-hydrogen) atoms. The lowest BCUT2D eigenvalue weighted by molar-refractivity contribution is -0.127. The van der Waals surface area contributed by atoms with Crippen LogP contribution < -0.4 is 9.47 Å². The van der Waals surface area contributed by atoms with Crippen LogP contribution in [0.3, 0.4) is 0 Å². The zero-order valence-electron chi connectivity index (χ0n) is 12.6. The van der Waals surface area contributed by atoms with Crippen LogP contribution in [0.15, 0.2) is 24.3 Å². The van der Waals surface area contributed by atoms with E-state index in [-0.39, 0.29) is 19.2 Å². The van der Waals surface area contributed by atoms with Gasteiger partial charge in [0.05, 0.1) is 6.54 Å². The summed E-state index contributed by atoms with van der Waals surface area (Å²) in [4.78, 5) is 15.5. The minimum atomic E-state index is -2.33. The number of hydrogen-bond acceptors (Lipinski definition) is 4. The molecule has 1 aromatic carbocycles. The predicted molar refractivity (Wildman–Crippen MR) is 80.6 cm³/mol. The summed E-state index contributed by atoms with van der Waals surface area (Å²) in [5.41, 5.74) is 0.846. The molecule has 1 saturated heterocycles. The smallest absolute Gasteiger partial charge is 0.251 e. The first-order valence-electron chi connectivity index (χ1n) is 7.49. The summed E-state index contributed by atoms with van der Waals surface area (Å²) in [5, 5.41) is 0. The summed E-state index contributed by atoms with van der Waals surface area (Å²) in [6, 6.07) is 5.46. The van der Waals surface area contributed by atoms with Gasteiger partial charge in [0.25, 0.3) is 6.43 Å². The lowest BCUT2D eigenvalue weighted by Gasteiger charge is -2.33. The summed E-state index contributed by atoms with van der Waals surface area (Å²) >= 11 is 0. The highest BCUT2D eigenvalue weighted by Crippen LogP contribution is 2.32. The van der Waals surface area contributed by atoms with E-state index >= 15 is 0 Å². The highest BCUT2D eigenvalue weighted by atomic mass is 19.3. The third kappa shape index (κ3) is 3.98. The number of hydrogen-bond donors (Lipinski definition) is 0. The van der Waals surface area contributed by atoms with Crippen LogP contribution in [0.5, 0.6) is 11.5 Å². The normalized spacial score (nSPS) is 18.1. The molecule has 2 aliphatic rings. The van der Waals surface area contributed by atoms with Gasteiger partial charge < -0.3 is 14.4 Å². The number of rotatable bonds is 4. The van der Waals surface area contributed by atoms with Gasteiger partial charge in [-0.3, -0.25) is 9.69 Å². The van der Waals surface area contributed by atoms with Gasteiger partial charge in [-0.25, -0.2) is 8.78 Å². The Labute approximate surface area is 133 Å². The molecule has 3 rings (SSSR count). The van der Waals surface area contributed by atoms with E-state index in [0.29, 0.717) is 37.7 Å². The Morgan fingerprint density at radius 1 is 1.17 bits per heavy atom.